The van der Waals surface area contributed by atoms with Crippen LogP contribution < -0.4 is 5.32 Å². The number of hydrogen-bond acceptors (Lipinski definition) is 2. The third kappa shape index (κ3) is 2.57. The first-order valence-corrected chi connectivity index (χ1v) is 6.97. The molecule has 3 nitrogen and oxygen atoms in total. The zero-order valence-electron chi connectivity index (χ0n) is 12.1. The number of nitrogens with zero attached hydrogens (tertiary/aromatic N) is 2. The molecule has 2 radical (unpaired) electrons. The summed E-state index contributed by atoms with van der Waals surface area (Å²) < 4.78 is 1.94. The first-order chi connectivity index (χ1) is 8.42. The van der Waals surface area contributed by atoms with E-state index in [4.69, 9.17) is 7.85 Å². The van der Waals surface area contributed by atoms with E-state index < -0.39 is 0 Å². The Kier molecular flexibility index (Phi) is 3.74. The highest BCUT2D eigenvalue weighted by atomic mass is 15.3. The monoisotopic (exact) mass is 245 g/mol. The normalized spacial score (nSPS) is 29.0. The molecule has 1 aliphatic carbocycles. The third-order valence-electron chi connectivity index (χ3n) is 4.34. The molecule has 1 aliphatic rings. The second-order valence-corrected chi connectivity index (χ2v) is 5.98. The Morgan fingerprint density at radius 2 is 2.06 bits per heavy atom. The zero-order valence-corrected chi connectivity index (χ0v) is 12.1. The summed E-state index contributed by atoms with van der Waals surface area (Å²) in [6, 6.07) is 0.341. The number of aryl methyl sites for hydroxylation is 2. The number of anilines is 1. The topological polar surface area (TPSA) is 29.9 Å². The summed E-state index contributed by atoms with van der Waals surface area (Å²) in [5.41, 5.74) is 2.32. The summed E-state index contributed by atoms with van der Waals surface area (Å²) in [4.78, 5) is 0. The van der Waals surface area contributed by atoms with Crippen LogP contribution in [0, 0.1) is 13.8 Å². The fraction of sp³-hybridized carbons (Fsp3) is 0.786. The maximum absolute atomic E-state index is 6.48. The van der Waals surface area contributed by atoms with Gasteiger partial charge in [0.15, 0.2) is 0 Å². The molecule has 1 saturated carbocycles. The van der Waals surface area contributed by atoms with E-state index in [1.807, 2.05) is 11.7 Å². The SMILES string of the molecule is [B]C1(C)CCCCCC1Nc1c(C)c(C)nn1C. The van der Waals surface area contributed by atoms with Crippen LogP contribution in [-0.4, -0.2) is 23.7 Å². The predicted molar refractivity (Wildman–Crippen MR) is 77.3 cm³/mol. The summed E-state index contributed by atoms with van der Waals surface area (Å²) in [7, 11) is 8.48. The molecule has 2 rings (SSSR count). The fourth-order valence-corrected chi connectivity index (χ4v) is 2.90. The standard InChI is InChI=1S/C14H24BN3/c1-10-11(2)17-18(4)13(10)16-12-8-6-5-7-9-14(12,3)15/h12,16H,5-9H2,1-4H3. The van der Waals surface area contributed by atoms with Crippen LogP contribution >= 0.6 is 0 Å². The Morgan fingerprint density at radius 1 is 1.33 bits per heavy atom. The highest BCUT2D eigenvalue weighted by Crippen LogP contribution is 2.40. The third-order valence-corrected chi connectivity index (χ3v) is 4.34. The predicted octanol–water partition coefficient (Wildman–Crippen LogP) is 3.13. The Balaban J connectivity index is 2.21. The van der Waals surface area contributed by atoms with Crippen LogP contribution in [0.15, 0.2) is 0 Å². The minimum atomic E-state index is -0.124. The van der Waals surface area contributed by atoms with Gasteiger partial charge in [0.2, 0.25) is 0 Å². The van der Waals surface area contributed by atoms with Crippen molar-refractivity contribution in [2.24, 2.45) is 7.05 Å². The maximum atomic E-state index is 6.48. The summed E-state index contributed by atoms with van der Waals surface area (Å²) in [5, 5.41) is 7.98. The molecule has 18 heavy (non-hydrogen) atoms. The lowest BCUT2D eigenvalue weighted by Gasteiger charge is -2.34. The number of hydrogen-bond donors (Lipinski definition) is 1. The van der Waals surface area contributed by atoms with Gasteiger partial charge in [-0.2, -0.15) is 5.10 Å². The largest absolute Gasteiger partial charge is 0.368 e. The molecule has 0 amide bonds. The van der Waals surface area contributed by atoms with E-state index in [1.165, 1.54) is 24.8 Å². The van der Waals surface area contributed by atoms with Gasteiger partial charge in [-0.25, -0.2) is 0 Å². The number of rotatable bonds is 2. The molecule has 0 spiro atoms. The Morgan fingerprint density at radius 3 is 2.67 bits per heavy atom. The number of aromatic nitrogens is 2. The lowest BCUT2D eigenvalue weighted by molar-refractivity contribution is 0.476. The highest BCUT2D eigenvalue weighted by molar-refractivity contribution is 6.15. The van der Waals surface area contributed by atoms with Gasteiger partial charge in [-0.1, -0.05) is 32.6 Å². The van der Waals surface area contributed by atoms with Crippen LogP contribution in [0.3, 0.4) is 0 Å². The highest BCUT2D eigenvalue weighted by Gasteiger charge is 2.31. The molecule has 1 aromatic rings. The van der Waals surface area contributed by atoms with Crippen LogP contribution in [0.2, 0.25) is 5.31 Å². The fourth-order valence-electron chi connectivity index (χ4n) is 2.90. The molecule has 0 aliphatic heterocycles. The van der Waals surface area contributed by atoms with Crippen molar-refractivity contribution in [1.82, 2.24) is 9.78 Å². The van der Waals surface area contributed by atoms with Crippen molar-refractivity contribution in [3.8, 4) is 0 Å². The van der Waals surface area contributed by atoms with Gasteiger partial charge in [-0.3, -0.25) is 4.68 Å². The van der Waals surface area contributed by atoms with E-state index in [0.717, 1.165) is 24.4 Å². The van der Waals surface area contributed by atoms with Gasteiger partial charge in [0, 0.05) is 18.7 Å². The van der Waals surface area contributed by atoms with Gasteiger partial charge in [0.1, 0.15) is 5.82 Å². The molecule has 98 valence electrons. The van der Waals surface area contributed by atoms with Crippen molar-refractivity contribution in [2.45, 2.75) is 64.2 Å². The molecular weight excluding hydrogens is 221 g/mol. The quantitative estimate of drug-likeness (QED) is 0.640. The van der Waals surface area contributed by atoms with Crippen molar-refractivity contribution in [1.29, 1.82) is 0 Å². The lowest BCUT2D eigenvalue weighted by Crippen LogP contribution is -2.33. The zero-order chi connectivity index (χ0) is 13.3. The van der Waals surface area contributed by atoms with Gasteiger partial charge < -0.3 is 5.32 Å². The summed E-state index contributed by atoms with van der Waals surface area (Å²) in [6.07, 6.45) is 6.06. The maximum Gasteiger partial charge on any atom is 0.127 e. The van der Waals surface area contributed by atoms with E-state index in [9.17, 15) is 0 Å². The molecular formula is C14H24BN3. The molecule has 0 bridgehead atoms. The van der Waals surface area contributed by atoms with E-state index in [-0.39, 0.29) is 5.31 Å². The molecule has 0 aromatic carbocycles. The molecule has 0 saturated heterocycles. The average Bonchev–Trinajstić information content (AvgIpc) is 2.46. The van der Waals surface area contributed by atoms with Crippen molar-refractivity contribution in [3.63, 3.8) is 0 Å². The molecule has 1 fully saturated rings. The van der Waals surface area contributed by atoms with Crippen LogP contribution in [0.5, 0.6) is 0 Å². The first-order valence-electron chi connectivity index (χ1n) is 6.97. The van der Waals surface area contributed by atoms with E-state index in [2.05, 4.69) is 31.2 Å². The van der Waals surface area contributed by atoms with Crippen LogP contribution in [0.25, 0.3) is 0 Å². The van der Waals surface area contributed by atoms with Crippen LogP contribution in [-0.2, 0) is 7.05 Å². The molecule has 1 heterocycles. The molecule has 4 heteroatoms. The van der Waals surface area contributed by atoms with Crippen molar-refractivity contribution in [2.75, 3.05) is 5.32 Å². The van der Waals surface area contributed by atoms with E-state index in [1.54, 1.807) is 0 Å². The van der Waals surface area contributed by atoms with E-state index >= 15 is 0 Å². The molecule has 2 atom stereocenters. The Bertz CT molecular complexity index is 423. The molecule has 2 unspecified atom stereocenters. The molecule has 1 N–H and O–H groups in total. The lowest BCUT2D eigenvalue weighted by atomic mass is 9.62. The average molecular weight is 245 g/mol. The van der Waals surface area contributed by atoms with E-state index in [0.29, 0.717) is 6.04 Å². The summed E-state index contributed by atoms with van der Waals surface area (Å²) >= 11 is 0. The van der Waals surface area contributed by atoms with Crippen molar-refractivity contribution >= 4 is 13.7 Å². The van der Waals surface area contributed by atoms with Crippen LogP contribution in [0.4, 0.5) is 5.82 Å². The van der Waals surface area contributed by atoms with Crippen molar-refractivity contribution in [3.05, 3.63) is 11.3 Å². The Labute approximate surface area is 112 Å². The van der Waals surface area contributed by atoms with Gasteiger partial charge in [-0.05, 0) is 25.6 Å². The van der Waals surface area contributed by atoms with Gasteiger partial charge in [0.05, 0.1) is 13.5 Å². The first kappa shape index (κ1) is 13.5. The minimum Gasteiger partial charge on any atom is -0.368 e. The smallest absolute Gasteiger partial charge is 0.127 e. The second-order valence-electron chi connectivity index (χ2n) is 5.98. The second kappa shape index (κ2) is 4.98. The number of nitrogens with one attached hydrogen (secondary N) is 1. The van der Waals surface area contributed by atoms with Gasteiger partial charge in [0.25, 0.3) is 0 Å². The van der Waals surface area contributed by atoms with Gasteiger partial charge in [-0.15, -0.1) is 0 Å². The van der Waals surface area contributed by atoms with Crippen molar-refractivity contribution < 1.29 is 0 Å². The summed E-state index contributed by atoms with van der Waals surface area (Å²) in [5.74, 6) is 1.12. The molecule has 1 aromatic heterocycles. The van der Waals surface area contributed by atoms with Gasteiger partial charge >= 0.3 is 0 Å². The summed E-state index contributed by atoms with van der Waals surface area (Å²) in [6.45, 7) is 6.35. The Hall–Kier alpha value is -0.925. The van der Waals surface area contributed by atoms with Crippen LogP contribution in [0.1, 0.15) is 50.3 Å². The minimum absolute atomic E-state index is 0.124.